The first-order valence-electron chi connectivity index (χ1n) is 6.70. The van der Waals surface area contributed by atoms with Crippen molar-refractivity contribution in [3.63, 3.8) is 0 Å². The summed E-state index contributed by atoms with van der Waals surface area (Å²) in [4.78, 5) is 2.57. The minimum absolute atomic E-state index is 0.505. The van der Waals surface area contributed by atoms with Gasteiger partial charge in [0.2, 0.25) is 0 Å². The highest BCUT2D eigenvalue weighted by Crippen LogP contribution is 2.48. The number of benzene rings is 1. The largest absolute Gasteiger partial charge is 0.371 e. The lowest BCUT2D eigenvalue weighted by molar-refractivity contribution is 0.311. The normalized spacial score (nSPS) is 22.4. The van der Waals surface area contributed by atoms with Crippen molar-refractivity contribution in [2.75, 3.05) is 18.0 Å². The van der Waals surface area contributed by atoms with Gasteiger partial charge in [-0.15, -0.1) is 0 Å². The smallest absolute Gasteiger partial charge is 0.0405 e. The lowest BCUT2D eigenvalue weighted by atomic mass is 9.71. The molecule has 1 spiro atoms. The van der Waals surface area contributed by atoms with Gasteiger partial charge < -0.3 is 4.90 Å². The molecule has 86 valence electrons. The van der Waals surface area contributed by atoms with Crippen LogP contribution in [-0.2, 0) is 5.41 Å². The molecule has 1 aromatic rings. The van der Waals surface area contributed by atoms with Crippen LogP contribution in [0.15, 0.2) is 24.3 Å². The van der Waals surface area contributed by atoms with Crippen molar-refractivity contribution in [2.45, 2.75) is 44.4 Å². The molecule has 1 heteroatoms. The van der Waals surface area contributed by atoms with Crippen molar-refractivity contribution in [3.05, 3.63) is 29.8 Å². The number of hydrogen-bond donors (Lipinski definition) is 0. The van der Waals surface area contributed by atoms with Crippen LogP contribution in [-0.4, -0.2) is 13.1 Å². The molecule has 0 atom stereocenters. The molecular formula is C15H21N. The monoisotopic (exact) mass is 215 g/mol. The summed E-state index contributed by atoms with van der Waals surface area (Å²) in [5, 5.41) is 0. The summed E-state index contributed by atoms with van der Waals surface area (Å²) in [7, 11) is 0. The van der Waals surface area contributed by atoms with E-state index in [0.717, 1.165) is 6.54 Å². The zero-order valence-corrected chi connectivity index (χ0v) is 10.2. The number of fused-ring (bicyclic) bond motifs is 2. The van der Waals surface area contributed by atoms with Crippen LogP contribution in [0.5, 0.6) is 0 Å². The highest BCUT2D eigenvalue weighted by atomic mass is 15.2. The molecule has 2 aliphatic rings. The van der Waals surface area contributed by atoms with E-state index in [1.165, 1.54) is 44.3 Å². The average Bonchev–Trinajstić information content (AvgIpc) is 2.66. The van der Waals surface area contributed by atoms with Gasteiger partial charge >= 0.3 is 0 Å². The molecular weight excluding hydrogens is 194 g/mol. The first-order valence-corrected chi connectivity index (χ1v) is 6.70. The van der Waals surface area contributed by atoms with Gasteiger partial charge in [0, 0.05) is 24.2 Å². The van der Waals surface area contributed by atoms with E-state index in [9.17, 15) is 0 Å². The molecule has 0 radical (unpaired) electrons. The average molecular weight is 215 g/mol. The van der Waals surface area contributed by atoms with E-state index in [-0.39, 0.29) is 0 Å². The fourth-order valence-corrected chi connectivity index (χ4v) is 3.67. The molecule has 1 fully saturated rings. The molecule has 1 saturated carbocycles. The Hall–Kier alpha value is -0.980. The Morgan fingerprint density at radius 2 is 1.88 bits per heavy atom. The summed E-state index contributed by atoms with van der Waals surface area (Å²) in [6.45, 7) is 4.69. The zero-order chi connectivity index (χ0) is 11.0. The van der Waals surface area contributed by atoms with Crippen LogP contribution < -0.4 is 4.90 Å². The fraction of sp³-hybridized carbons (Fsp3) is 0.600. The molecule has 1 nitrogen and oxygen atoms in total. The Kier molecular flexibility index (Phi) is 2.42. The summed E-state index contributed by atoms with van der Waals surface area (Å²) in [5.41, 5.74) is 3.65. The number of para-hydroxylation sites is 1. The van der Waals surface area contributed by atoms with Crippen LogP contribution in [0, 0.1) is 0 Å². The summed E-state index contributed by atoms with van der Waals surface area (Å²) < 4.78 is 0. The van der Waals surface area contributed by atoms with Gasteiger partial charge in [-0.1, -0.05) is 37.5 Å². The van der Waals surface area contributed by atoms with Crippen molar-refractivity contribution < 1.29 is 0 Å². The second kappa shape index (κ2) is 3.80. The number of rotatable bonds is 1. The van der Waals surface area contributed by atoms with Crippen LogP contribution in [0.3, 0.4) is 0 Å². The lowest BCUT2D eigenvalue weighted by Crippen LogP contribution is -2.35. The second-order valence-corrected chi connectivity index (χ2v) is 5.37. The van der Waals surface area contributed by atoms with E-state index in [2.05, 4.69) is 36.1 Å². The first-order chi connectivity index (χ1) is 7.86. The van der Waals surface area contributed by atoms with Gasteiger partial charge in [0.25, 0.3) is 0 Å². The zero-order valence-electron chi connectivity index (χ0n) is 10.2. The van der Waals surface area contributed by atoms with Crippen molar-refractivity contribution in [1.82, 2.24) is 0 Å². The van der Waals surface area contributed by atoms with E-state index in [4.69, 9.17) is 0 Å². The van der Waals surface area contributed by atoms with E-state index >= 15 is 0 Å². The summed E-state index contributed by atoms with van der Waals surface area (Å²) in [6, 6.07) is 9.08. The molecule has 0 amide bonds. The Balaban J connectivity index is 2.04. The SMILES string of the molecule is CCN1CC2(CCCCC2)c2ccccc21. The molecule has 16 heavy (non-hydrogen) atoms. The molecule has 1 aromatic carbocycles. The Bertz CT molecular complexity index is 377. The molecule has 0 bridgehead atoms. The van der Waals surface area contributed by atoms with E-state index in [1.54, 1.807) is 5.56 Å². The molecule has 0 unspecified atom stereocenters. The standard InChI is InChI=1S/C15H21N/c1-2-16-12-15(10-6-3-7-11-15)13-8-4-5-9-14(13)16/h4-5,8-9H,2-3,6-7,10-12H2,1H3. The highest BCUT2D eigenvalue weighted by Gasteiger charge is 2.42. The van der Waals surface area contributed by atoms with Crippen LogP contribution in [0.4, 0.5) is 5.69 Å². The first kappa shape index (κ1) is 10.2. The second-order valence-electron chi connectivity index (χ2n) is 5.37. The van der Waals surface area contributed by atoms with Gasteiger partial charge in [0.05, 0.1) is 0 Å². The van der Waals surface area contributed by atoms with Crippen molar-refractivity contribution in [1.29, 1.82) is 0 Å². The van der Waals surface area contributed by atoms with E-state index in [1.807, 2.05) is 0 Å². The van der Waals surface area contributed by atoms with Crippen molar-refractivity contribution in [2.24, 2.45) is 0 Å². The minimum atomic E-state index is 0.505. The van der Waals surface area contributed by atoms with Crippen LogP contribution in [0.1, 0.15) is 44.6 Å². The third-order valence-electron chi connectivity index (χ3n) is 4.50. The Morgan fingerprint density at radius 3 is 2.62 bits per heavy atom. The maximum atomic E-state index is 2.57. The summed E-state index contributed by atoms with van der Waals surface area (Å²) in [6.07, 6.45) is 7.09. The molecule has 0 saturated heterocycles. The van der Waals surface area contributed by atoms with Gasteiger partial charge in [-0.3, -0.25) is 0 Å². The Labute approximate surface area is 98.5 Å². The predicted molar refractivity (Wildman–Crippen MR) is 69.1 cm³/mol. The maximum Gasteiger partial charge on any atom is 0.0405 e. The minimum Gasteiger partial charge on any atom is -0.371 e. The van der Waals surface area contributed by atoms with Crippen LogP contribution >= 0.6 is 0 Å². The molecule has 0 aromatic heterocycles. The molecule has 0 N–H and O–H groups in total. The Morgan fingerprint density at radius 1 is 1.12 bits per heavy atom. The number of anilines is 1. The number of hydrogen-bond acceptors (Lipinski definition) is 1. The molecule has 1 aliphatic heterocycles. The number of likely N-dealkylation sites (N-methyl/N-ethyl adjacent to an activating group) is 1. The molecule has 1 aliphatic carbocycles. The maximum absolute atomic E-state index is 2.57. The van der Waals surface area contributed by atoms with Crippen LogP contribution in [0.25, 0.3) is 0 Å². The highest BCUT2D eigenvalue weighted by molar-refractivity contribution is 5.62. The van der Waals surface area contributed by atoms with Crippen LogP contribution in [0.2, 0.25) is 0 Å². The fourth-order valence-electron chi connectivity index (χ4n) is 3.67. The van der Waals surface area contributed by atoms with Gasteiger partial charge in [0.1, 0.15) is 0 Å². The van der Waals surface area contributed by atoms with E-state index in [0.29, 0.717) is 5.41 Å². The van der Waals surface area contributed by atoms with Crippen molar-refractivity contribution >= 4 is 5.69 Å². The van der Waals surface area contributed by atoms with Gasteiger partial charge in [0.15, 0.2) is 0 Å². The quantitative estimate of drug-likeness (QED) is 0.690. The molecule has 3 rings (SSSR count). The number of nitrogens with zero attached hydrogens (tertiary/aromatic N) is 1. The molecule has 1 heterocycles. The van der Waals surface area contributed by atoms with E-state index < -0.39 is 0 Å². The third kappa shape index (κ3) is 1.37. The predicted octanol–water partition coefficient (Wildman–Crippen LogP) is 3.73. The van der Waals surface area contributed by atoms with Gasteiger partial charge in [-0.2, -0.15) is 0 Å². The summed E-state index contributed by atoms with van der Waals surface area (Å²) >= 11 is 0. The summed E-state index contributed by atoms with van der Waals surface area (Å²) in [5.74, 6) is 0. The van der Waals surface area contributed by atoms with Gasteiger partial charge in [-0.25, -0.2) is 0 Å². The lowest BCUT2D eigenvalue weighted by Gasteiger charge is -2.34. The van der Waals surface area contributed by atoms with Gasteiger partial charge in [-0.05, 0) is 31.4 Å². The topological polar surface area (TPSA) is 3.24 Å². The third-order valence-corrected chi connectivity index (χ3v) is 4.50. The van der Waals surface area contributed by atoms with Crippen molar-refractivity contribution in [3.8, 4) is 0 Å².